The first-order chi connectivity index (χ1) is 6.41. The molecule has 78 valence electrons. The lowest BCUT2D eigenvalue weighted by atomic mass is 9.92. The first kappa shape index (κ1) is 10.3. The van der Waals surface area contributed by atoms with Gasteiger partial charge in [0, 0.05) is 5.41 Å². The van der Waals surface area contributed by atoms with E-state index in [-0.39, 0.29) is 5.41 Å². The van der Waals surface area contributed by atoms with E-state index in [0.717, 1.165) is 5.69 Å². The zero-order valence-electron chi connectivity index (χ0n) is 8.64. The van der Waals surface area contributed by atoms with Gasteiger partial charge in [-0.25, -0.2) is 4.68 Å². The van der Waals surface area contributed by atoms with Crippen LogP contribution in [0.2, 0.25) is 10.2 Å². The Hall–Kier alpha value is -0.210. The molecule has 1 aromatic rings. The van der Waals surface area contributed by atoms with Gasteiger partial charge in [0.15, 0.2) is 0 Å². The summed E-state index contributed by atoms with van der Waals surface area (Å²) < 4.78 is 1.87. The number of halogens is 2. The van der Waals surface area contributed by atoms with E-state index >= 15 is 0 Å². The van der Waals surface area contributed by atoms with Gasteiger partial charge in [-0.3, -0.25) is 0 Å². The molecule has 2 rings (SSSR count). The summed E-state index contributed by atoms with van der Waals surface area (Å²) in [6.07, 6.45) is 2.34. The van der Waals surface area contributed by atoms with Crippen molar-refractivity contribution in [1.82, 2.24) is 9.78 Å². The summed E-state index contributed by atoms with van der Waals surface area (Å²) >= 11 is 12.3. The Labute approximate surface area is 94.2 Å². The second-order valence-corrected chi connectivity index (χ2v) is 5.62. The third-order valence-electron chi connectivity index (χ3n) is 2.40. The Morgan fingerprint density at radius 1 is 1.29 bits per heavy atom. The van der Waals surface area contributed by atoms with Crippen molar-refractivity contribution < 1.29 is 0 Å². The molecule has 1 heterocycles. The molecule has 4 heteroatoms. The van der Waals surface area contributed by atoms with E-state index in [1.165, 1.54) is 12.8 Å². The molecule has 0 aliphatic heterocycles. The standard InChI is InChI=1S/C10H14Cl2N2/c1-10(2,3)8-7(11)9(12)14(13-8)6-4-5-6/h6H,4-5H2,1-3H3. The van der Waals surface area contributed by atoms with Crippen molar-refractivity contribution in [2.75, 3.05) is 0 Å². The SMILES string of the molecule is CC(C)(C)c1nn(C2CC2)c(Cl)c1Cl. The third kappa shape index (κ3) is 1.66. The molecule has 0 N–H and O–H groups in total. The second kappa shape index (κ2) is 3.14. The highest BCUT2D eigenvalue weighted by atomic mass is 35.5. The van der Waals surface area contributed by atoms with Gasteiger partial charge in [0.2, 0.25) is 0 Å². The molecule has 0 spiro atoms. The number of aromatic nitrogens is 2. The highest BCUT2D eigenvalue weighted by molar-refractivity contribution is 6.41. The largest absolute Gasteiger partial charge is 0.249 e. The number of rotatable bonds is 1. The minimum atomic E-state index is -0.0408. The van der Waals surface area contributed by atoms with Crippen LogP contribution in [0, 0.1) is 0 Å². The Balaban J connectivity index is 2.47. The fraction of sp³-hybridized carbons (Fsp3) is 0.700. The monoisotopic (exact) mass is 232 g/mol. The van der Waals surface area contributed by atoms with Crippen LogP contribution in [-0.2, 0) is 5.41 Å². The lowest BCUT2D eigenvalue weighted by Crippen LogP contribution is -2.13. The lowest BCUT2D eigenvalue weighted by Gasteiger charge is -2.15. The highest BCUT2D eigenvalue weighted by Crippen LogP contribution is 2.42. The van der Waals surface area contributed by atoms with Crippen LogP contribution in [0.5, 0.6) is 0 Å². The molecule has 1 aromatic heterocycles. The van der Waals surface area contributed by atoms with Crippen LogP contribution in [0.4, 0.5) is 0 Å². The summed E-state index contributed by atoms with van der Waals surface area (Å²) in [5.74, 6) is 0. The molecule has 1 saturated carbocycles. The quantitative estimate of drug-likeness (QED) is 0.720. The van der Waals surface area contributed by atoms with Crippen molar-refractivity contribution >= 4 is 23.2 Å². The van der Waals surface area contributed by atoms with Crippen LogP contribution in [-0.4, -0.2) is 9.78 Å². The topological polar surface area (TPSA) is 17.8 Å². The van der Waals surface area contributed by atoms with Crippen molar-refractivity contribution in [2.45, 2.75) is 45.1 Å². The summed E-state index contributed by atoms with van der Waals surface area (Å²) in [5.41, 5.74) is 0.858. The predicted octanol–water partition coefficient (Wildman–Crippen LogP) is 3.82. The van der Waals surface area contributed by atoms with Gasteiger partial charge >= 0.3 is 0 Å². The summed E-state index contributed by atoms with van der Waals surface area (Å²) in [6, 6.07) is 0.482. The molecule has 0 radical (unpaired) electrons. The van der Waals surface area contributed by atoms with Gasteiger partial charge in [-0.2, -0.15) is 5.10 Å². The van der Waals surface area contributed by atoms with E-state index < -0.39 is 0 Å². The maximum atomic E-state index is 6.16. The summed E-state index contributed by atoms with van der Waals surface area (Å²) in [6.45, 7) is 6.28. The normalized spacial score (nSPS) is 17.5. The van der Waals surface area contributed by atoms with Gasteiger partial charge in [0.05, 0.1) is 11.7 Å². The molecule has 14 heavy (non-hydrogen) atoms. The summed E-state index contributed by atoms with van der Waals surface area (Å²) in [7, 11) is 0. The molecule has 0 aromatic carbocycles. The van der Waals surface area contributed by atoms with Gasteiger partial charge in [-0.15, -0.1) is 0 Å². The van der Waals surface area contributed by atoms with Crippen LogP contribution in [0.15, 0.2) is 0 Å². The zero-order valence-corrected chi connectivity index (χ0v) is 10.2. The van der Waals surface area contributed by atoms with Gasteiger partial charge in [0.25, 0.3) is 0 Å². The molecule has 0 unspecified atom stereocenters. The van der Waals surface area contributed by atoms with E-state index in [0.29, 0.717) is 16.2 Å². The zero-order chi connectivity index (χ0) is 10.5. The van der Waals surface area contributed by atoms with E-state index in [2.05, 4.69) is 25.9 Å². The molecule has 0 saturated heterocycles. The average molecular weight is 233 g/mol. The first-order valence-corrected chi connectivity index (χ1v) is 5.61. The fourth-order valence-electron chi connectivity index (χ4n) is 1.43. The summed E-state index contributed by atoms with van der Waals surface area (Å²) in [5, 5.41) is 5.71. The molecule has 1 fully saturated rings. The second-order valence-electron chi connectivity index (χ2n) is 4.88. The van der Waals surface area contributed by atoms with Gasteiger partial charge in [-0.05, 0) is 12.8 Å². The maximum absolute atomic E-state index is 6.16. The van der Waals surface area contributed by atoms with E-state index in [9.17, 15) is 0 Å². The predicted molar refractivity (Wildman–Crippen MR) is 59.2 cm³/mol. The number of nitrogens with zero attached hydrogens (tertiary/aromatic N) is 2. The Morgan fingerprint density at radius 2 is 1.86 bits per heavy atom. The summed E-state index contributed by atoms with van der Waals surface area (Å²) in [4.78, 5) is 0. The average Bonchev–Trinajstić information content (AvgIpc) is 2.81. The lowest BCUT2D eigenvalue weighted by molar-refractivity contribution is 0.537. The van der Waals surface area contributed by atoms with Gasteiger partial charge < -0.3 is 0 Å². The van der Waals surface area contributed by atoms with Crippen LogP contribution in [0.25, 0.3) is 0 Å². The van der Waals surface area contributed by atoms with Crippen LogP contribution in [0.1, 0.15) is 45.3 Å². The van der Waals surface area contributed by atoms with Crippen LogP contribution >= 0.6 is 23.2 Å². The minimum Gasteiger partial charge on any atom is -0.249 e. The van der Waals surface area contributed by atoms with E-state index in [1.807, 2.05) is 4.68 Å². The third-order valence-corrected chi connectivity index (χ3v) is 3.22. The minimum absolute atomic E-state index is 0.0408. The Morgan fingerprint density at radius 3 is 2.21 bits per heavy atom. The van der Waals surface area contributed by atoms with E-state index in [4.69, 9.17) is 23.2 Å². The maximum Gasteiger partial charge on any atom is 0.146 e. The fourth-order valence-corrected chi connectivity index (χ4v) is 2.11. The van der Waals surface area contributed by atoms with Crippen LogP contribution < -0.4 is 0 Å². The first-order valence-electron chi connectivity index (χ1n) is 4.85. The molecular weight excluding hydrogens is 219 g/mol. The molecule has 1 aliphatic rings. The molecule has 2 nitrogen and oxygen atoms in total. The highest BCUT2D eigenvalue weighted by Gasteiger charge is 2.32. The molecule has 0 atom stereocenters. The number of hydrogen-bond acceptors (Lipinski definition) is 1. The molecule has 0 bridgehead atoms. The Bertz CT molecular complexity index is 359. The van der Waals surface area contributed by atoms with Crippen molar-refractivity contribution in [3.05, 3.63) is 15.9 Å². The van der Waals surface area contributed by atoms with Crippen molar-refractivity contribution in [1.29, 1.82) is 0 Å². The number of hydrogen-bond donors (Lipinski definition) is 0. The Kier molecular flexibility index (Phi) is 2.31. The van der Waals surface area contributed by atoms with Crippen molar-refractivity contribution in [2.24, 2.45) is 0 Å². The van der Waals surface area contributed by atoms with Crippen molar-refractivity contribution in [3.8, 4) is 0 Å². The van der Waals surface area contributed by atoms with Gasteiger partial charge in [0.1, 0.15) is 10.2 Å². The molecular formula is C10H14Cl2N2. The molecule has 0 amide bonds. The van der Waals surface area contributed by atoms with Crippen LogP contribution in [0.3, 0.4) is 0 Å². The molecule has 1 aliphatic carbocycles. The smallest absolute Gasteiger partial charge is 0.146 e. The van der Waals surface area contributed by atoms with Crippen molar-refractivity contribution in [3.63, 3.8) is 0 Å². The van der Waals surface area contributed by atoms with E-state index in [1.54, 1.807) is 0 Å². The van der Waals surface area contributed by atoms with Gasteiger partial charge in [-0.1, -0.05) is 44.0 Å².